The lowest BCUT2D eigenvalue weighted by atomic mass is 10.9. The average molecular weight is 154 g/mol. The zero-order valence-corrected chi connectivity index (χ0v) is 5.92. The third-order valence-electron chi connectivity index (χ3n) is 0.271. The zero-order valence-electron chi connectivity index (χ0n) is 4.29. The fourth-order valence-electron chi connectivity index (χ4n) is 0.101. The van der Waals surface area contributed by atoms with Crippen molar-refractivity contribution >= 4 is 27.2 Å². The molecule has 3 nitrogen and oxygen atoms in total. The predicted octanol–water partition coefficient (Wildman–Crippen LogP) is 2.00. The van der Waals surface area contributed by atoms with Gasteiger partial charge in [-0.3, -0.25) is 0 Å². The Balaban J connectivity index is 2.82. The van der Waals surface area contributed by atoms with Gasteiger partial charge in [-0.05, 0) is 6.92 Å². The van der Waals surface area contributed by atoms with Crippen molar-refractivity contribution in [3.63, 3.8) is 0 Å². The average Bonchev–Trinajstić information content (AvgIpc) is 1.66. The highest BCUT2D eigenvalue weighted by Crippen LogP contribution is 2.21. The Hall–Kier alpha value is 0.130. The summed E-state index contributed by atoms with van der Waals surface area (Å²) in [6.07, 6.45) is 0. The van der Waals surface area contributed by atoms with E-state index in [0.717, 1.165) is 11.1 Å². The third-order valence-corrected chi connectivity index (χ3v) is 1.73. The first-order chi connectivity index (χ1) is 3.77. The topological polar surface area (TPSA) is 46.5 Å². The van der Waals surface area contributed by atoms with E-state index in [2.05, 4.69) is 4.18 Å². The number of rotatable bonds is 3. The molecule has 48 valence electrons. The second-order valence-electron chi connectivity index (χ2n) is 0.824. The van der Waals surface area contributed by atoms with Crippen LogP contribution in [0.25, 0.3) is 0 Å². The van der Waals surface area contributed by atoms with Gasteiger partial charge in [-0.15, -0.1) is 0 Å². The molecule has 0 fully saturated rings. The van der Waals surface area contributed by atoms with Crippen molar-refractivity contribution in [3.8, 4) is 0 Å². The summed E-state index contributed by atoms with van der Waals surface area (Å²) in [4.78, 5) is 9.74. The maximum atomic E-state index is 9.74. The molecule has 0 rings (SSSR count). The van der Waals surface area contributed by atoms with E-state index in [-0.39, 0.29) is 0 Å². The highest BCUT2D eigenvalue weighted by molar-refractivity contribution is 8.80. The lowest BCUT2D eigenvalue weighted by Crippen LogP contribution is -1.79. The van der Waals surface area contributed by atoms with Crippen molar-refractivity contribution < 1.29 is 14.1 Å². The summed E-state index contributed by atoms with van der Waals surface area (Å²) in [7, 11) is 0.667. The molecule has 0 unspecified atom stereocenters. The summed E-state index contributed by atoms with van der Waals surface area (Å²) in [5.74, 6) is 0. The lowest BCUT2D eigenvalue weighted by molar-refractivity contribution is 0.222. The first-order valence-corrected chi connectivity index (χ1v) is 4.04. The molecule has 0 bridgehead atoms. The maximum Gasteiger partial charge on any atom is 0.377 e. The summed E-state index contributed by atoms with van der Waals surface area (Å²) in [6, 6.07) is 0. The number of carboxylic acid groups (broad SMARTS) is 1. The van der Waals surface area contributed by atoms with Crippen molar-refractivity contribution in [1.29, 1.82) is 0 Å². The molecule has 0 heterocycles. The van der Waals surface area contributed by atoms with Gasteiger partial charge in [0, 0.05) is 0 Å². The Morgan fingerprint density at radius 1 is 1.88 bits per heavy atom. The smallest absolute Gasteiger partial charge is 0.377 e. The minimum atomic E-state index is -0.927. The minimum absolute atomic E-state index is 0.533. The molecule has 0 aromatic heterocycles. The zero-order chi connectivity index (χ0) is 6.41. The Kier molecular flexibility index (Phi) is 5.36. The number of carbonyl (C=O) groups is 1. The minimum Gasteiger partial charge on any atom is -0.472 e. The van der Waals surface area contributed by atoms with E-state index >= 15 is 0 Å². The van der Waals surface area contributed by atoms with Crippen LogP contribution in [0.5, 0.6) is 0 Å². The molecule has 0 aliphatic heterocycles. The second kappa shape index (κ2) is 5.27. The van der Waals surface area contributed by atoms with Gasteiger partial charge in [0.05, 0.1) is 28.5 Å². The Labute approximate surface area is 55.4 Å². The van der Waals surface area contributed by atoms with Gasteiger partial charge in [0.1, 0.15) is 0 Å². The van der Waals surface area contributed by atoms with E-state index in [1.807, 2.05) is 0 Å². The van der Waals surface area contributed by atoms with E-state index in [9.17, 15) is 4.79 Å². The monoisotopic (exact) mass is 154 g/mol. The van der Waals surface area contributed by atoms with Gasteiger partial charge < -0.3 is 9.29 Å². The van der Waals surface area contributed by atoms with E-state index in [1.54, 1.807) is 6.92 Å². The van der Waals surface area contributed by atoms with E-state index < -0.39 is 5.30 Å². The summed E-state index contributed by atoms with van der Waals surface area (Å²) in [5.41, 5.74) is 0. The van der Waals surface area contributed by atoms with Crippen LogP contribution in [0.1, 0.15) is 6.92 Å². The van der Waals surface area contributed by atoms with Crippen molar-refractivity contribution in [2.24, 2.45) is 0 Å². The van der Waals surface area contributed by atoms with Crippen LogP contribution in [0.3, 0.4) is 0 Å². The Bertz CT molecular complexity index is 74.9. The molecule has 0 radical (unpaired) electrons. The first-order valence-electron chi connectivity index (χ1n) is 1.96. The molecule has 5 heteroatoms. The number of hydrogen-bond acceptors (Lipinski definition) is 4. The molecule has 1 N–H and O–H groups in total. The summed E-state index contributed by atoms with van der Waals surface area (Å²) >= 11 is 0.878. The normalized spacial score (nSPS) is 9.12. The van der Waals surface area contributed by atoms with Crippen LogP contribution in [-0.2, 0) is 4.18 Å². The Morgan fingerprint density at radius 3 is 2.88 bits per heavy atom. The quantitative estimate of drug-likeness (QED) is 0.382. The van der Waals surface area contributed by atoms with E-state index in [1.165, 1.54) is 0 Å². The fourth-order valence-corrected chi connectivity index (χ4v) is 0.911. The van der Waals surface area contributed by atoms with E-state index in [0.29, 0.717) is 17.4 Å². The highest BCUT2D eigenvalue weighted by Gasteiger charge is 1.95. The van der Waals surface area contributed by atoms with E-state index in [4.69, 9.17) is 5.11 Å². The van der Waals surface area contributed by atoms with Gasteiger partial charge in [-0.1, -0.05) is 0 Å². The molecule has 0 spiro atoms. The lowest BCUT2D eigenvalue weighted by Gasteiger charge is -1.90. The first kappa shape index (κ1) is 8.13. The summed E-state index contributed by atoms with van der Waals surface area (Å²) < 4.78 is 4.64. The van der Waals surface area contributed by atoms with Gasteiger partial charge in [-0.25, -0.2) is 4.79 Å². The molecule has 0 aromatic rings. The van der Waals surface area contributed by atoms with Crippen molar-refractivity contribution in [3.05, 3.63) is 0 Å². The molecule has 0 saturated heterocycles. The molecule has 0 aliphatic carbocycles. The molecule has 0 atom stereocenters. The SMILES string of the molecule is CCOSSC(=O)O. The van der Waals surface area contributed by atoms with Crippen LogP contribution >= 0.6 is 21.9 Å². The molecule has 0 saturated carbocycles. The molecule has 0 aliphatic rings. The third kappa shape index (κ3) is 6.13. The second-order valence-corrected chi connectivity index (χ2v) is 2.62. The van der Waals surface area contributed by atoms with Crippen molar-refractivity contribution in [2.45, 2.75) is 6.92 Å². The van der Waals surface area contributed by atoms with Gasteiger partial charge in [-0.2, -0.15) is 0 Å². The van der Waals surface area contributed by atoms with Gasteiger partial charge >= 0.3 is 5.30 Å². The van der Waals surface area contributed by atoms with Crippen LogP contribution in [0.4, 0.5) is 4.79 Å². The van der Waals surface area contributed by atoms with Crippen LogP contribution in [0.15, 0.2) is 0 Å². The fraction of sp³-hybridized carbons (Fsp3) is 0.667. The Morgan fingerprint density at radius 2 is 2.50 bits per heavy atom. The summed E-state index contributed by atoms with van der Waals surface area (Å²) in [5, 5.41) is 7.07. The largest absolute Gasteiger partial charge is 0.472 e. The van der Waals surface area contributed by atoms with Gasteiger partial charge in [0.2, 0.25) is 0 Å². The van der Waals surface area contributed by atoms with Crippen molar-refractivity contribution in [2.75, 3.05) is 6.61 Å². The van der Waals surface area contributed by atoms with Crippen LogP contribution < -0.4 is 0 Å². The molecular weight excluding hydrogens is 148 g/mol. The molecule has 0 amide bonds. The van der Waals surface area contributed by atoms with Crippen LogP contribution in [0, 0.1) is 0 Å². The molecule has 8 heavy (non-hydrogen) atoms. The van der Waals surface area contributed by atoms with Crippen LogP contribution in [-0.4, -0.2) is 17.0 Å². The predicted molar refractivity (Wildman–Crippen MR) is 34.8 cm³/mol. The summed E-state index contributed by atoms with van der Waals surface area (Å²) in [6.45, 7) is 2.33. The van der Waals surface area contributed by atoms with Crippen LogP contribution in [0.2, 0.25) is 0 Å². The van der Waals surface area contributed by atoms with Gasteiger partial charge in [0.15, 0.2) is 0 Å². The standard InChI is InChI=1S/C3H6O3S2/c1-2-6-8-7-3(4)5/h2H2,1H3,(H,4,5). The van der Waals surface area contributed by atoms with Crippen molar-refractivity contribution in [1.82, 2.24) is 0 Å². The van der Waals surface area contributed by atoms with Gasteiger partial charge in [0.25, 0.3) is 0 Å². The highest BCUT2D eigenvalue weighted by atomic mass is 33.1. The number of hydrogen-bond donors (Lipinski definition) is 1. The molecular formula is C3H6O3S2. The maximum absolute atomic E-state index is 9.74. The molecule has 0 aromatic carbocycles.